The maximum atomic E-state index is 12.1. The minimum atomic E-state index is -0.0747. The highest BCUT2D eigenvalue weighted by atomic mass is 16.3. The Balaban J connectivity index is 1.67. The Hall–Kier alpha value is -0.370. The number of hydrogen-bond donors (Lipinski definition) is 1. The third-order valence-corrected chi connectivity index (χ3v) is 8.98. The van der Waals surface area contributed by atoms with Gasteiger partial charge in [-0.3, -0.25) is 4.79 Å². The summed E-state index contributed by atoms with van der Waals surface area (Å²) in [6, 6.07) is 0. The number of carbonyl (C=O) groups is 1. The predicted octanol–water partition coefficient (Wildman–Crippen LogP) is 4.21. The third kappa shape index (κ3) is 1.79. The second kappa shape index (κ2) is 4.82. The largest absolute Gasteiger partial charge is 0.393 e. The van der Waals surface area contributed by atoms with E-state index in [4.69, 9.17) is 0 Å². The number of carbonyl (C=O) groups excluding carboxylic acids is 1. The Morgan fingerprint density at radius 2 is 1.77 bits per heavy atom. The Morgan fingerprint density at radius 1 is 1.00 bits per heavy atom. The van der Waals surface area contributed by atoms with Crippen molar-refractivity contribution in [3.63, 3.8) is 0 Å². The second-order valence-electron chi connectivity index (χ2n) is 9.50. The molecule has 0 aromatic carbocycles. The number of fused-ring (bicyclic) bond motifs is 5. The molecule has 1 N–H and O–H groups in total. The van der Waals surface area contributed by atoms with Crippen LogP contribution in [0.4, 0.5) is 0 Å². The summed E-state index contributed by atoms with van der Waals surface area (Å²) in [5.41, 5.74) is 0.545. The Kier molecular flexibility index (Phi) is 3.32. The van der Waals surface area contributed by atoms with E-state index < -0.39 is 0 Å². The molecule has 4 aliphatic carbocycles. The number of Topliss-reactive ketones (excluding diaryl/α,β-unsaturated/α-hetero) is 1. The first-order valence-electron chi connectivity index (χ1n) is 9.57. The van der Waals surface area contributed by atoms with Gasteiger partial charge in [-0.1, -0.05) is 20.8 Å². The van der Waals surface area contributed by atoms with E-state index >= 15 is 0 Å². The van der Waals surface area contributed by atoms with Gasteiger partial charge in [0.15, 0.2) is 0 Å². The van der Waals surface area contributed by atoms with Crippen molar-refractivity contribution < 1.29 is 9.90 Å². The number of hydrogen-bond acceptors (Lipinski definition) is 2. The normalized spacial score (nSPS) is 57.9. The smallest absolute Gasteiger partial charge is 0.133 e. The second-order valence-corrected chi connectivity index (χ2v) is 9.50. The highest BCUT2D eigenvalue weighted by Crippen LogP contribution is 2.66. The first kappa shape index (κ1) is 15.2. The molecule has 4 rings (SSSR count). The molecule has 0 spiro atoms. The lowest BCUT2D eigenvalue weighted by molar-refractivity contribution is -0.154. The molecule has 8 atom stereocenters. The zero-order valence-corrected chi connectivity index (χ0v) is 14.5. The summed E-state index contributed by atoms with van der Waals surface area (Å²) in [6.07, 6.45) is 8.84. The monoisotopic (exact) mass is 304 g/mol. The molecular formula is C20H32O2. The molecule has 124 valence electrons. The van der Waals surface area contributed by atoms with Gasteiger partial charge in [0.25, 0.3) is 0 Å². The third-order valence-electron chi connectivity index (χ3n) is 8.98. The van der Waals surface area contributed by atoms with Gasteiger partial charge >= 0.3 is 0 Å². The van der Waals surface area contributed by atoms with Crippen LogP contribution in [-0.4, -0.2) is 17.0 Å². The SMILES string of the molecule is C[C@H]1CC(=O)C[C@@H]2CC[C@H]3[C@H]4CC[C@H](O)[C@@]4(C)CC[C@@H]3[C@]21C. The zero-order valence-electron chi connectivity index (χ0n) is 14.5. The topological polar surface area (TPSA) is 37.3 Å². The highest BCUT2D eigenvalue weighted by Gasteiger charge is 2.61. The summed E-state index contributed by atoms with van der Waals surface area (Å²) in [4.78, 5) is 12.1. The summed E-state index contributed by atoms with van der Waals surface area (Å²) >= 11 is 0. The minimum Gasteiger partial charge on any atom is -0.393 e. The van der Waals surface area contributed by atoms with Crippen LogP contribution in [0.15, 0.2) is 0 Å². The van der Waals surface area contributed by atoms with Crippen LogP contribution in [0.2, 0.25) is 0 Å². The van der Waals surface area contributed by atoms with Crippen LogP contribution in [0.25, 0.3) is 0 Å². The van der Waals surface area contributed by atoms with E-state index in [0.717, 1.165) is 37.0 Å². The Morgan fingerprint density at radius 3 is 2.55 bits per heavy atom. The fourth-order valence-corrected chi connectivity index (χ4v) is 7.45. The van der Waals surface area contributed by atoms with Gasteiger partial charge in [-0.25, -0.2) is 0 Å². The van der Waals surface area contributed by atoms with Gasteiger partial charge in [-0.05, 0) is 78.9 Å². The summed E-state index contributed by atoms with van der Waals surface area (Å²) in [5.74, 6) is 3.99. The van der Waals surface area contributed by atoms with Crippen LogP contribution < -0.4 is 0 Å². The average molecular weight is 304 g/mol. The molecule has 4 aliphatic rings. The summed E-state index contributed by atoms with van der Waals surface area (Å²) < 4.78 is 0. The average Bonchev–Trinajstić information content (AvgIpc) is 2.77. The van der Waals surface area contributed by atoms with Crippen molar-refractivity contribution in [2.45, 2.75) is 78.2 Å². The Labute approximate surface area is 135 Å². The summed E-state index contributed by atoms with van der Waals surface area (Å²) in [7, 11) is 0. The lowest BCUT2D eigenvalue weighted by Crippen LogP contribution is -2.56. The molecule has 0 heterocycles. The van der Waals surface area contributed by atoms with Gasteiger partial charge in [0.1, 0.15) is 5.78 Å². The van der Waals surface area contributed by atoms with Gasteiger partial charge in [-0.2, -0.15) is 0 Å². The van der Waals surface area contributed by atoms with Crippen molar-refractivity contribution in [1.82, 2.24) is 0 Å². The molecule has 22 heavy (non-hydrogen) atoms. The molecule has 0 aliphatic heterocycles. The van der Waals surface area contributed by atoms with E-state index in [9.17, 15) is 9.90 Å². The summed E-state index contributed by atoms with van der Waals surface area (Å²) in [6.45, 7) is 7.21. The van der Waals surface area contributed by atoms with Crippen molar-refractivity contribution in [3.8, 4) is 0 Å². The highest BCUT2D eigenvalue weighted by molar-refractivity contribution is 5.80. The maximum absolute atomic E-state index is 12.1. The number of ketones is 1. The minimum absolute atomic E-state index is 0.0747. The summed E-state index contributed by atoms with van der Waals surface area (Å²) in [5, 5.41) is 10.5. The first-order chi connectivity index (χ1) is 10.4. The molecule has 4 fully saturated rings. The van der Waals surface area contributed by atoms with Crippen molar-refractivity contribution in [1.29, 1.82) is 0 Å². The molecule has 0 unspecified atom stereocenters. The van der Waals surface area contributed by atoms with Crippen molar-refractivity contribution in [2.24, 2.45) is 40.4 Å². The fraction of sp³-hybridized carbons (Fsp3) is 0.950. The lowest BCUT2D eigenvalue weighted by Gasteiger charge is -2.62. The van der Waals surface area contributed by atoms with Crippen molar-refractivity contribution in [3.05, 3.63) is 0 Å². The van der Waals surface area contributed by atoms with E-state index in [1.54, 1.807) is 0 Å². The van der Waals surface area contributed by atoms with E-state index in [1.165, 1.54) is 32.1 Å². The molecule has 0 bridgehead atoms. The molecule has 2 heteroatoms. The molecule has 0 aromatic heterocycles. The van der Waals surface area contributed by atoms with E-state index in [1.807, 2.05) is 0 Å². The predicted molar refractivity (Wildman–Crippen MR) is 87.3 cm³/mol. The lowest BCUT2D eigenvalue weighted by atomic mass is 9.43. The molecule has 0 saturated heterocycles. The van der Waals surface area contributed by atoms with Gasteiger partial charge in [0.2, 0.25) is 0 Å². The van der Waals surface area contributed by atoms with Gasteiger partial charge in [-0.15, -0.1) is 0 Å². The molecule has 0 radical (unpaired) electrons. The van der Waals surface area contributed by atoms with Crippen LogP contribution in [0.3, 0.4) is 0 Å². The molecule has 2 nitrogen and oxygen atoms in total. The maximum Gasteiger partial charge on any atom is 0.133 e. The van der Waals surface area contributed by atoms with E-state index in [0.29, 0.717) is 23.0 Å². The van der Waals surface area contributed by atoms with Crippen molar-refractivity contribution in [2.75, 3.05) is 0 Å². The van der Waals surface area contributed by atoms with Crippen LogP contribution in [0.5, 0.6) is 0 Å². The molecule has 0 aromatic rings. The van der Waals surface area contributed by atoms with Crippen LogP contribution in [-0.2, 0) is 4.79 Å². The molecule has 4 saturated carbocycles. The van der Waals surface area contributed by atoms with Gasteiger partial charge in [0, 0.05) is 12.8 Å². The molecular weight excluding hydrogens is 272 g/mol. The number of rotatable bonds is 0. The zero-order chi connectivity index (χ0) is 15.7. The first-order valence-corrected chi connectivity index (χ1v) is 9.57. The van der Waals surface area contributed by atoms with Crippen LogP contribution >= 0.6 is 0 Å². The van der Waals surface area contributed by atoms with Gasteiger partial charge in [0.05, 0.1) is 6.10 Å². The van der Waals surface area contributed by atoms with Crippen LogP contribution in [0, 0.1) is 40.4 Å². The quantitative estimate of drug-likeness (QED) is 0.728. The van der Waals surface area contributed by atoms with Gasteiger partial charge < -0.3 is 5.11 Å². The number of aliphatic hydroxyl groups is 1. The fourth-order valence-electron chi connectivity index (χ4n) is 7.45. The van der Waals surface area contributed by atoms with Crippen LogP contribution in [0.1, 0.15) is 72.1 Å². The number of aliphatic hydroxyl groups excluding tert-OH is 1. The van der Waals surface area contributed by atoms with Crippen molar-refractivity contribution >= 4 is 5.78 Å². The van der Waals surface area contributed by atoms with E-state index in [2.05, 4.69) is 20.8 Å². The molecule has 0 amide bonds. The van der Waals surface area contributed by atoms with E-state index in [-0.39, 0.29) is 11.5 Å². The Bertz CT molecular complexity index is 486. The standard InChI is InChI=1S/C20H32O2/c1-12-10-14(21)11-13-4-5-15-16-6-7-18(22)19(16,2)9-8-17(15)20(12,13)3/h12-13,15-18,22H,4-11H2,1-3H3/t12-,13-,15-,16+,17-,18-,19-,20-/m0/s1.